The summed E-state index contributed by atoms with van der Waals surface area (Å²) in [4.78, 5) is 0. The maximum Gasteiger partial charge on any atom is 0.0504 e. The lowest BCUT2D eigenvalue weighted by atomic mass is 10.1. The third-order valence-electron chi connectivity index (χ3n) is 9.93. The van der Waals surface area contributed by atoms with Crippen molar-refractivity contribution in [1.29, 1.82) is 0 Å². The molecule has 0 aromatic carbocycles. The van der Waals surface area contributed by atoms with Gasteiger partial charge >= 0.3 is 0 Å². The molecule has 2 bridgehead atoms. The van der Waals surface area contributed by atoms with E-state index in [0.29, 0.717) is 0 Å². The fourth-order valence-corrected chi connectivity index (χ4v) is 15.4. The van der Waals surface area contributed by atoms with Gasteiger partial charge in [0, 0.05) is 0 Å². The molecule has 0 spiro atoms. The summed E-state index contributed by atoms with van der Waals surface area (Å²) in [5, 5.41) is 0. The van der Waals surface area contributed by atoms with Crippen LogP contribution in [0.1, 0.15) is 154 Å². The molecule has 3 aliphatic rings. The van der Waals surface area contributed by atoms with Gasteiger partial charge in [-0.2, -0.15) is 0 Å². The first-order chi connectivity index (χ1) is 16.6. The van der Waals surface area contributed by atoms with E-state index in [2.05, 4.69) is 13.1 Å². The second-order valence-corrected chi connectivity index (χ2v) is 23.8. The van der Waals surface area contributed by atoms with E-state index in [-0.39, 0.29) is 0 Å². The van der Waals surface area contributed by atoms with E-state index in [1.807, 2.05) is 0 Å². The largest absolute Gasteiger partial charge is 0.0691 e. The van der Waals surface area contributed by atoms with Crippen LogP contribution in [-0.4, -0.2) is 16.1 Å². The lowest BCUT2D eigenvalue weighted by Crippen LogP contribution is -2.29. The van der Waals surface area contributed by atoms with E-state index >= 15 is 0 Å². The molecule has 202 valence electrons. The molecule has 0 aliphatic carbocycles. The second kappa shape index (κ2) is 19.5. The number of hydrogen-bond acceptors (Lipinski definition) is 0. The van der Waals surface area contributed by atoms with Gasteiger partial charge < -0.3 is 0 Å². The highest BCUT2D eigenvalue weighted by Gasteiger charge is 2.26. The van der Waals surface area contributed by atoms with Crippen LogP contribution in [0.2, 0.25) is 49.4 Å². The van der Waals surface area contributed by atoms with Gasteiger partial charge in [-0.05, 0) is 0 Å². The van der Waals surface area contributed by atoms with Gasteiger partial charge in [0.1, 0.15) is 0 Å². The summed E-state index contributed by atoms with van der Waals surface area (Å²) in [7, 11) is -1.98. The molecule has 0 amide bonds. The Morgan fingerprint density at radius 3 is 0.471 bits per heavy atom. The molecule has 3 rings (SSSR count). The Morgan fingerprint density at radius 2 is 0.324 bits per heavy atom. The first-order valence-electron chi connectivity index (χ1n) is 16.6. The smallest absolute Gasteiger partial charge is 0.0504 e. The fourth-order valence-electron chi connectivity index (χ4n) is 7.24. The second-order valence-electron chi connectivity index (χ2n) is 13.6. The number of hydrogen-bond donors (Lipinski definition) is 0. The average Bonchev–Trinajstić information content (AvgIpc) is 2.82. The van der Waals surface area contributed by atoms with Gasteiger partial charge in [-0.3, -0.25) is 0 Å². The van der Waals surface area contributed by atoms with E-state index in [4.69, 9.17) is 0 Å². The van der Waals surface area contributed by atoms with E-state index in [1.54, 1.807) is 74.8 Å². The van der Waals surface area contributed by atoms with E-state index in [9.17, 15) is 0 Å². The quantitative estimate of drug-likeness (QED) is 0.286. The Morgan fingerprint density at radius 1 is 0.206 bits per heavy atom. The zero-order valence-corrected chi connectivity index (χ0v) is 26.2. The monoisotopic (exact) mass is 506 g/mol. The van der Waals surface area contributed by atoms with Crippen molar-refractivity contribution in [3.05, 3.63) is 0 Å². The Hall–Kier alpha value is 0.434. The van der Waals surface area contributed by atoms with Crippen molar-refractivity contribution in [2.75, 3.05) is 0 Å². The number of rotatable bonds is 0. The molecule has 0 aromatic rings. The minimum atomic E-state index is -0.988. The highest BCUT2D eigenvalue weighted by molar-refractivity contribution is 6.79. The molecule has 0 radical (unpaired) electrons. The summed E-state index contributed by atoms with van der Waals surface area (Å²) in [6.07, 6.45) is 36.9. The fraction of sp³-hybridized carbons (Fsp3) is 1.00. The van der Waals surface area contributed by atoms with Crippen molar-refractivity contribution in [1.82, 2.24) is 0 Å². The minimum Gasteiger partial charge on any atom is -0.0691 e. The predicted octanol–water partition coefficient (Wildman–Crippen LogP) is 12.5. The molecule has 3 fully saturated rings. The first kappa shape index (κ1) is 30.7. The molecule has 0 N–H and O–H groups in total. The summed E-state index contributed by atoms with van der Waals surface area (Å²) in [5.41, 5.74) is 0. The highest BCUT2D eigenvalue weighted by atomic mass is 28.3. The molecular formula is C32H66Si2. The minimum absolute atomic E-state index is 0.988. The molecule has 3 aliphatic heterocycles. The van der Waals surface area contributed by atoms with Crippen LogP contribution in [0.15, 0.2) is 0 Å². The van der Waals surface area contributed by atoms with Gasteiger partial charge in [-0.25, -0.2) is 0 Å². The van der Waals surface area contributed by atoms with Crippen molar-refractivity contribution in [2.24, 2.45) is 0 Å². The Bertz CT molecular complexity index is 355. The highest BCUT2D eigenvalue weighted by Crippen LogP contribution is 2.32. The molecule has 3 heterocycles. The molecule has 0 saturated carbocycles. The van der Waals surface area contributed by atoms with Gasteiger partial charge in [-0.1, -0.05) is 203 Å². The maximum atomic E-state index is 2.81. The summed E-state index contributed by atoms with van der Waals surface area (Å²) in [6, 6.07) is 9.89. The summed E-state index contributed by atoms with van der Waals surface area (Å²) in [5.74, 6) is 0. The van der Waals surface area contributed by atoms with Crippen LogP contribution in [0, 0.1) is 0 Å². The van der Waals surface area contributed by atoms with Crippen molar-refractivity contribution >= 4 is 16.1 Å². The SMILES string of the molecule is C[Si]12CCCCCCCCCC[Si](C)(CCCCCCCCCC1)CCCCCCCCCC2. The van der Waals surface area contributed by atoms with Gasteiger partial charge in [0.05, 0.1) is 16.1 Å². The lowest BCUT2D eigenvalue weighted by Gasteiger charge is -2.28. The summed E-state index contributed by atoms with van der Waals surface area (Å²) < 4.78 is 0. The molecule has 0 atom stereocenters. The van der Waals surface area contributed by atoms with Crippen LogP contribution in [0.4, 0.5) is 0 Å². The van der Waals surface area contributed by atoms with Crippen molar-refractivity contribution in [3.8, 4) is 0 Å². The summed E-state index contributed by atoms with van der Waals surface area (Å²) in [6.45, 7) is 5.61. The van der Waals surface area contributed by atoms with Gasteiger partial charge in [0.2, 0.25) is 0 Å². The third kappa shape index (κ3) is 15.5. The van der Waals surface area contributed by atoms with Crippen LogP contribution in [-0.2, 0) is 0 Å². The lowest BCUT2D eigenvalue weighted by molar-refractivity contribution is 0.566. The van der Waals surface area contributed by atoms with Crippen LogP contribution < -0.4 is 0 Å². The molecule has 3 saturated heterocycles. The topological polar surface area (TPSA) is 0 Å². The molecular weight excluding hydrogens is 441 g/mol. The molecule has 0 aromatic heterocycles. The zero-order valence-electron chi connectivity index (χ0n) is 24.2. The Kier molecular flexibility index (Phi) is 17.6. The third-order valence-corrected chi connectivity index (χ3v) is 19.3. The van der Waals surface area contributed by atoms with Crippen LogP contribution >= 0.6 is 0 Å². The molecule has 0 nitrogen and oxygen atoms in total. The molecule has 2 heteroatoms. The standard InChI is InChI=1S/C32H66Si2/c1-33-27-21-15-9-3-6-12-18-24-30-34(2,31-25-19-13-7-4-10-16-22-28-33)32-26-20-14-8-5-11-17-23-29-33/h3-32H2,1-2H3. The zero-order chi connectivity index (χ0) is 24.2. The maximum absolute atomic E-state index is 2.81. The van der Waals surface area contributed by atoms with Gasteiger partial charge in [0.25, 0.3) is 0 Å². The van der Waals surface area contributed by atoms with E-state index < -0.39 is 16.1 Å². The van der Waals surface area contributed by atoms with Gasteiger partial charge in [-0.15, -0.1) is 0 Å². The van der Waals surface area contributed by atoms with Crippen molar-refractivity contribution in [3.63, 3.8) is 0 Å². The normalized spacial score (nSPS) is 32.6. The summed E-state index contributed by atoms with van der Waals surface area (Å²) >= 11 is 0. The average molecular weight is 507 g/mol. The van der Waals surface area contributed by atoms with E-state index in [1.165, 1.54) is 116 Å². The Balaban J connectivity index is 1.96. The van der Waals surface area contributed by atoms with E-state index in [0.717, 1.165) is 0 Å². The van der Waals surface area contributed by atoms with Crippen LogP contribution in [0.25, 0.3) is 0 Å². The molecule has 34 heavy (non-hydrogen) atoms. The Labute approximate surface area is 219 Å². The predicted molar refractivity (Wildman–Crippen MR) is 163 cm³/mol. The van der Waals surface area contributed by atoms with Crippen molar-refractivity contribution < 1.29 is 0 Å². The van der Waals surface area contributed by atoms with Crippen LogP contribution in [0.5, 0.6) is 0 Å². The first-order valence-corrected chi connectivity index (χ1v) is 22.9. The van der Waals surface area contributed by atoms with Gasteiger partial charge in [0.15, 0.2) is 0 Å². The van der Waals surface area contributed by atoms with Crippen LogP contribution in [0.3, 0.4) is 0 Å². The number of fused-ring (bicyclic) bond motifs is 27. The molecule has 0 unspecified atom stereocenters. The van der Waals surface area contributed by atoms with Crippen molar-refractivity contribution in [2.45, 2.75) is 203 Å².